The molecule has 1 aromatic rings. The third kappa shape index (κ3) is 2.41. The quantitative estimate of drug-likeness (QED) is 0.610. The van der Waals surface area contributed by atoms with Gasteiger partial charge >= 0.3 is 0 Å². The van der Waals surface area contributed by atoms with Crippen molar-refractivity contribution in [1.82, 2.24) is 9.97 Å². The van der Waals surface area contributed by atoms with Gasteiger partial charge in [0.2, 0.25) is 0 Å². The van der Waals surface area contributed by atoms with E-state index in [1.54, 1.807) is 11.8 Å². The number of aromatic nitrogens is 2. The fourth-order valence-corrected chi connectivity index (χ4v) is 1.89. The SMILES string of the molecule is CSc1nc(CCO)cc(N2CCC2)n1. The molecule has 0 aromatic carbocycles. The number of anilines is 1. The molecule has 0 radical (unpaired) electrons. The van der Waals surface area contributed by atoms with Gasteiger partial charge in [-0.1, -0.05) is 11.8 Å². The first-order valence-corrected chi connectivity index (χ1v) is 6.33. The molecule has 0 unspecified atom stereocenters. The van der Waals surface area contributed by atoms with Gasteiger partial charge in [0.25, 0.3) is 0 Å². The zero-order chi connectivity index (χ0) is 10.7. The van der Waals surface area contributed by atoms with Gasteiger partial charge in [-0.15, -0.1) is 0 Å². The highest BCUT2D eigenvalue weighted by Gasteiger charge is 2.17. The minimum Gasteiger partial charge on any atom is -0.396 e. The van der Waals surface area contributed by atoms with Crippen LogP contribution >= 0.6 is 11.8 Å². The Balaban J connectivity index is 2.23. The van der Waals surface area contributed by atoms with Gasteiger partial charge in [0.05, 0.1) is 0 Å². The third-order valence-corrected chi connectivity index (χ3v) is 3.02. The third-order valence-electron chi connectivity index (χ3n) is 2.48. The fraction of sp³-hybridized carbons (Fsp3) is 0.600. The van der Waals surface area contributed by atoms with E-state index in [4.69, 9.17) is 5.11 Å². The van der Waals surface area contributed by atoms with Crippen LogP contribution in [-0.4, -0.2) is 41.0 Å². The maximum Gasteiger partial charge on any atom is 0.189 e. The van der Waals surface area contributed by atoms with Crippen LogP contribution in [0.15, 0.2) is 11.2 Å². The molecule has 1 fully saturated rings. The molecule has 0 atom stereocenters. The molecule has 1 aromatic heterocycles. The Morgan fingerprint density at radius 1 is 1.47 bits per heavy atom. The topological polar surface area (TPSA) is 49.3 Å². The normalized spacial score (nSPS) is 15.2. The molecule has 1 aliphatic heterocycles. The average Bonchev–Trinajstić information content (AvgIpc) is 2.15. The molecule has 0 aliphatic carbocycles. The summed E-state index contributed by atoms with van der Waals surface area (Å²) in [7, 11) is 0. The number of aliphatic hydroxyl groups excluding tert-OH is 1. The van der Waals surface area contributed by atoms with Crippen molar-refractivity contribution in [2.75, 3.05) is 30.9 Å². The Morgan fingerprint density at radius 3 is 2.80 bits per heavy atom. The Bertz CT molecular complexity index is 341. The summed E-state index contributed by atoms with van der Waals surface area (Å²) in [6, 6.07) is 1.98. The molecule has 0 spiro atoms. The molecule has 0 bridgehead atoms. The first-order valence-electron chi connectivity index (χ1n) is 5.11. The van der Waals surface area contributed by atoms with Crippen LogP contribution < -0.4 is 4.90 Å². The van der Waals surface area contributed by atoms with Gasteiger partial charge in [-0.3, -0.25) is 0 Å². The van der Waals surface area contributed by atoms with Crippen LogP contribution in [-0.2, 0) is 6.42 Å². The summed E-state index contributed by atoms with van der Waals surface area (Å²) < 4.78 is 0. The van der Waals surface area contributed by atoms with E-state index in [0.717, 1.165) is 29.8 Å². The number of rotatable bonds is 4. The molecule has 0 saturated carbocycles. The van der Waals surface area contributed by atoms with Gasteiger partial charge in [0.1, 0.15) is 5.82 Å². The highest BCUT2D eigenvalue weighted by molar-refractivity contribution is 7.98. The van der Waals surface area contributed by atoms with Crippen molar-refractivity contribution >= 4 is 17.6 Å². The summed E-state index contributed by atoms with van der Waals surface area (Å²) in [5.41, 5.74) is 0.929. The van der Waals surface area contributed by atoms with Crippen LogP contribution in [0.4, 0.5) is 5.82 Å². The van der Waals surface area contributed by atoms with Crippen LogP contribution in [0.2, 0.25) is 0 Å². The lowest BCUT2D eigenvalue weighted by atomic mass is 10.2. The average molecular weight is 225 g/mol. The maximum atomic E-state index is 8.90. The zero-order valence-electron chi connectivity index (χ0n) is 8.81. The van der Waals surface area contributed by atoms with Gasteiger partial charge in [-0.05, 0) is 12.7 Å². The second kappa shape index (κ2) is 4.81. The molecule has 1 N–H and O–H groups in total. The van der Waals surface area contributed by atoms with E-state index < -0.39 is 0 Å². The number of thioether (sulfide) groups is 1. The Morgan fingerprint density at radius 2 is 2.27 bits per heavy atom. The molecule has 1 saturated heterocycles. The molecule has 15 heavy (non-hydrogen) atoms. The van der Waals surface area contributed by atoms with Crippen LogP contribution in [0.3, 0.4) is 0 Å². The van der Waals surface area contributed by atoms with Crippen molar-refractivity contribution in [3.8, 4) is 0 Å². The standard InChI is InChI=1S/C10H15N3OS/c1-15-10-11-8(3-6-14)7-9(12-10)13-4-2-5-13/h7,14H,2-6H2,1H3. The van der Waals surface area contributed by atoms with Crippen LogP contribution in [0.5, 0.6) is 0 Å². The first kappa shape index (κ1) is 10.7. The van der Waals surface area contributed by atoms with Gasteiger partial charge in [-0.2, -0.15) is 0 Å². The van der Waals surface area contributed by atoms with Crippen molar-refractivity contribution in [3.05, 3.63) is 11.8 Å². The van der Waals surface area contributed by atoms with Gasteiger partial charge in [0, 0.05) is 37.9 Å². The lowest BCUT2D eigenvalue weighted by molar-refractivity contribution is 0.298. The maximum absolute atomic E-state index is 8.90. The second-order valence-electron chi connectivity index (χ2n) is 3.52. The number of hydrogen-bond donors (Lipinski definition) is 1. The van der Waals surface area contributed by atoms with Crippen molar-refractivity contribution in [2.24, 2.45) is 0 Å². The highest BCUT2D eigenvalue weighted by Crippen LogP contribution is 2.21. The number of aliphatic hydroxyl groups is 1. The monoisotopic (exact) mass is 225 g/mol. The van der Waals surface area contributed by atoms with Crippen molar-refractivity contribution in [2.45, 2.75) is 18.0 Å². The summed E-state index contributed by atoms with van der Waals surface area (Å²) in [5.74, 6) is 1.00. The highest BCUT2D eigenvalue weighted by atomic mass is 32.2. The van der Waals surface area contributed by atoms with Crippen molar-refractivity contribution in [3.63, 3.8) is 0 Å². The Kier molecular flexibility index (Phi) is 3.43. The fourth-order valence-electron chi connectivity index (χ4n) is 1.50. The molecule has 0 amide bonds. The Hall–Kier alpha value is -0.810. The first-order chi connectivity index (χ1) is 7.33. The second-order valence-corrected chi connectivity index (χ2v) is 4.29. The molecule has 2 heterocycles. The minimum absolute atomic E-state index is 0.143. The van der Waals surface area contributed by atoms with Crippen molar-refractivity contribution < 1.29 is 5.11 Å². The van der Waals surface area contributed by atoms with Crippen molar-refractivity contribution in [1.29, 1.82) is 0 Å². The van der Waals surface area contributed by atoms with Gasteiger partial charge < -0.3 is 10.0 Å². The molecular weight excluding hydrogens is 210 g/mol. The summed E-state index contributed by atoms with van der Waals surface area (Å²) in [6.07, 6.45) is 3.82. The summed E-state index contributed by atoms with van der Waals surface area (Å²) >= 11 is 1.54. The minimum atomic E-state index is 0.143. The zero-order valence-corrected chi connectivity index (χ0v) is 9.63. The van der Waals surface area contributed by atoms with Gasteiger partial charge in [0.15, 0.2) is 5.16 Å². The lowest BCUT2D eigenvalue weighted by Crippen LogP contribution is -2.37. The van der Waals surface area contributed by atoms with E-state index in [1.165, 1.54) is 6.42 Å². The predicted octanol–water partition coefficient (Wildman–Crippen LogP) is 0.943. The van der Waals surface area contributed by atoms with Crippen LogP contribution in [0.1, 0.15) is 12.1 Å². The van der Waals surface area contributed by atoms with Gasteiger partial charge in [-0.25, -0.2) is 9.97 Å². The molecule has 5 heteroatoms. The lowest BCUT2D eigenvalue weighted by Gasteiger charge is -2.32. The number of nitrogens with zero attached hydrogens (tertiary/aromatic N) is 3. The Labute approximate surface area is 93.7 Å². The van der Waals surface area contributed by atoms with E-state index >= 15 is 0 Å². The summed E-state index contributed by atoms with van der Waals surface area (Å²) in [5, 5.41) is 9.70. The molecule has 82 valence electrons. The summed E-state index contributed by atoms with van der Waals surface area (Å²) in [4.78, 5) is 11.0. The van der Waals surface area contributed by atoms with E-state index in [9.17, 15) is 0 Å². The molecule has 1 aliphatic rings. The summed E-state index contributed by atoms with van der Waals surface area (Å²) in [6.45, 7) is 2.32. The molecular formula is C10H15N3OS. The van der Waals surface area contributed by atoms with E-state index in [1.807, 2.05) is 12.3 Å². The van der Waals surface area contributed by atoms with Crippen LogP contribution in [0.25, 0.3) is 0 Å². The number of hydrogen-bond acceptors (Lipinski definition) is 5. The van der Waals surface area contributed by atoms with Crippen LogP contribution in [0, 0.1) is 0 Å². The largest absolute Gasteiger partial charge is 0.396 e. The van der Waals surface area contributed by atoms with E-state index in [2.05, 4.69) is 14.9 Å². The molecule has 4 nitrogen and oxygen atoms in total. The smallest absolute Gasteiger partial charge is 0.189 e. The van der Waals surface area contributed by atoms with E-state index in [-0.39, 0.29) is 6.61 Å². The predicted molar refractivity (Wildman–Crippen MR) is 61.4 cm³/mol. The molecule has 2 rings (SSSR count). The van der Waals surface area contributed by atoms with E-state index in [0.29, 0.717) is 6.42 Å².